The number of aliphatic hydroxyl groups is 1. The van der Waals surface area contributed by atoms with Gasteiger partial charge in [0, 0.05) is 5.56 Å². The van der Waals surface area contributed by atoms with Crippen LogP contribution < -0.4 is 0 Å². The van der Waals surface area contributed by atoms with Crippen LogP contribution in [0.15, 0.2) is 24.3 Å². The zero-order valence-electron chi connectivity index (χ0n) is 6.90. The SMILES string of the molecule is O=CC=Cc1cc(CO)ccc1F. The number of aliphatic hydroxyl groups excluding tert-OH is 1. The van der Waals surface area contributed by atoms with E-state index in [4.69, 9.17) is 5.11 Å². The molecule has 0 saturated carbocycles. The summed E-state index contributed by atoms with van der Waals surface area (Å²) in [5.74, 6) is -0.407. The molecule has 0 heterocycles. The van der Waals surface area contributed by atoms with Crippen molar-refractivity contribution in [2.24, 2.45) is 0 Å². The maximum atomic E-state index is 13.0. The topological polar surface area (TPSA) is 37.3 Å². The Morgan fingerprint density at radius 3 is 2.85 bits per heavy atom. The largest absolute Gasteiger partial charge is 0.392 e. The third kappa shape index (κ3) is 2.49. The lowest BCUT2D eigenvalue weighted by atomic mass is 10.1. The van der Waals surface area contributed by atoms with E-state index in [1.807, 2.05) is 0 Å². The van der Waals surface area contributed by atoms with E-state index in [0.717, 1.165) is 0 Å². The predicted molar refractivity (Wildman–Crippen MR) is 47.4 cm³/mol. The normalized spacial score (nSPS) is 10.6. The number of carbonyl (C=O) groups excluding carboxylic acids is 1. The van der Waals surface area contributed by atoms with Crippen molar-refractivity contribution in [2.45, 2.75) is 6.61 Å². The van der Waals surface area contributed by atoms with Gasteiger partial charge in [-0.3, -0.25) is 4.79 Å². The summed E-state index contributed by atoms with van der Waals surface area (Å²) in [6.07, 6.45) is 3.14. The maximum Gasteiger partial charge on any atom is 0.142 e. The van der Waals surface area contributed by atoms with Gasteiger partial charge in [-0.2, -0.15) is 0 Å². The lowest BCUT2D eigenvalue weighted by molar-refractivity contribution is -0.104. The fraction of sp³-hybridized carbons (Fsp3) is 0.100. The van der Waals surface area contributed by atoms with Crippen molar-refractivity contribution in [3.63, 3.8) is 0 Å². The van der Waals surface area contributed by atoms with Crippen molar-refractivity contribution in [1.82, 2.24) is 0 Å². The summed E-state index contributed by atoms with van der Waals surface area (Å²) in [6, 6.07) is 4.25. The van der Waals surface area contributed by atoms with Crippen LogP contribution in [-0.4, -0.2) is 11.4 Å². The fourth-order valence-corrected chi connectivity index (χ4v) is 0.962. The molecule has 0 fully saturated rings. The third-order valence-electron chi connectivity index (χ3n) is 1.60. The smallest absolute Gasteiger partial charge is 0.142 e. The van der Waals surface area contributed by atoms with Crippen LogP contribution in [0.3, 0.4) is 0 Å². The molecule has 1 N–H and O–H groups in total. The molecule has 3 heteroatoms. The van der Waals surface area contributed by atoms with Crippen LogP contribution in [0.5, 0.6) is 0 Å². The molecular formula is C10H9FO2. The lowest BCUT2D eigenvalue weighted by Gasteiger charge is -1.99. The second-order valence-electron chi connectivity index (χ2n) is 2.51. The average molecular weight is 180 g/mol. The van der Waals surface area contributed by atoms with Crippen LogP contribution in [0.4, 0.5) is 4.39 Å². The first-order valence-corrected chi connectivity index (χ1v) is 3.79. The van der Waals surface area contributed by atoms with E-state index >= 15 is 0 Å². The van der Waals surface area contributed by atoms with Gasteiger partial charge in [-0.15, -0.1) is 0 Å². The molecule has 68 valence electrons. The number of aldehydes is 1. The van der Waals surface area contributed by atoms with Crippen molar-refractivity contribution < 1.29 is 14.3 Å². The Labute approximate surface area is 75.3 Å². The first-order chi connectivity index (χ1) is 6.27. The van der Waals surface area contributed by atoms with Gasteiger partial charge >= 0.3 is 0 Å². The molecule has 0 aliphatic carbocycles. The molecule has 0 aliphatic rings. The summed E-state index contributed by atoms with van der Waals surface area (Å²) in [4.78, 5) is 9.99. The average Bonchev–Trinajstić information content (AvgIpc) is 2.17. The predicted octanol–water partition coefficient (Wildman–Crippen LogP) is 1.53. The van der Waals surface area contributed by atoms with Gasteiger partial charge in [-0.1, -0.05) is 6.07 Å². The first-order valence-electron chi connectivity index (χ1n) is 3.79. The number of benzene rings is 1. The number of rotatable bonds is 3. The summed E-state index contributed by atoms with van der Waals surface area (Å²) >= 11 is 0. The van der Waals surface area contributed by atoms with Crippen molar-refractivity contribution in [3.8, 4) is 0 Å². The minimum absolute atomic E-state index is 0.137. The van der Waals surface area contributed by atoms with Crippen LogP contribution in [0.1, 0.15) is 11.1 Å². The van der Waals surface area contributed by atoms with Gasteiger partial charge in [-0.05, 0) is 29.8 Å². The van der Waals surface area contributed by atoms with Gasteiger partial charge in [0.15, 0.2) is 0 Å². The Morgan fingerprint density at radius 2 is 2.23 bits per heavy atom. The Bertz CT molecular complexity index is 332. The van der Waals surface area contributed by atoms with Crippen molar-refractivity contribution in [2.75, 3.05) is 0 Å². The number of allylic oxidation sites excluding steroid dienone is 1. The molecule has 0 saturated heterocycles. The summed E-state index contributed by atoms with van der Waals surface area (Å²) in [5.41, 5.74) is 0.922. The van der Waals surface area contributed by atoms with Crippen LogP contribution >= 0.6 is 0 Å². The van der Waals surface area contributed by atoms with E-state index in [1.165, 1.54) is 30.4 Å². The molecule has 0 aliphatic heterocycles. The third-order valence-corrected chi connectivity index (χ3v) is 1.60. The molecule has 0 bridgehead atoms. The lowest BCUT2D eigenvalue weighted by Crippen LogP contribution is -1.87. The summed E-state index contributed by atoms with van der Waals surface area (Å²) in [7, 11) is 0. The molecule has 1 rings (SSSR count). The number of halogens is 1. The molecular weight excluding hydrogens is 171 g/mol. The van der Waals surface area contributed by atoms with Crippen molar-refractivity contribution in [3.05, 3.63) is 41.2 Å². The molecule has 2 nitrogen and oxygen atoms in total. The maximum absolute atomic E-state index is 13.0. The van der Waals surface area contributed by atoms with E-state index in [-0.39, 0.29) is 6.61 Å². The molecule has 0 spiro atoms. The summed E-state index contributed by atoms with van der Waals surface area (Å²) in [5, 5.41) is 8.76. The quantitative estimate of drug-likeness (QED) is 0.565. The highest BCUT2D eigenvalue weighted by Crippen LogP contribution is 2.11. The van der Waals surface area contributed by atoms with Crippen LogP contribution in [-0.2, 0) is 11.4 Å². The number of hydrogen-bond donors (Lipinski definition) is 1. The monoisotopic (exact) mass is 180 g/mol. The Hall–Kier alpha value is -1.48. The minimum atomic E-state index is -0.407. The van der Waals surface area contributed by atoms with Gasteiger partial charge in [0.1, 0.15) is 12.1 Å². The molecule has 1 aromatic carbocycles. The fourth-order valence-electron chi connectivity index (χ4n) is 0.962. The van der Waals surface area contributed by atoms with Crippen LogP contribution in [0.2, 0.25) is 0 Å². The second-order valence-corrected chi connectivity index (χ2v) is 2.51. The van der Waals surface area contributed by atoms with Crippen LogP contribution in [0, 0.1) is 5.82 Å². The molecule has 0 unspecified atom stereocenters. The Morgan fingerprint density at radius 1 is 1.46 bits per heavy atom. The standard InChI is InChI=1S/C10H9FO2/c11-10-4-3-8(7-13)6-9(10)2-1-5-12/h1-6,13H,7H2. The van der Waals surface area contributed by atoms with Gasteiger partial charge in [-0.25, -0.2) is 4.39 Å². The highest BCUT2D eigenvalue weighted by molar-refractivity contribution is 5.74. The van der Waals surface area contributed by atoms with Crippen molar-refractivity contribution >= 4 is 12.4 Å². The highest BCUT2D eigenvalue weighted by Gasteiger charge is 1.99. The van der Waals surface area contributed by atoms with Gasteiger partial charge in [0.05, 0.1) is 6.61 Å². The van der Waals surface area contributed by atoms with E-state index in [1.54, 1.807) is 0 Å². The van der Waals surface area contributed by atoms with Crippen molar-refractivity contribution in [1.29, 1.82) is 0 Å². The van der Waals surface area contributed by atoms with E-state index in [2.05, 4.69) is 0 Å². The van der Waals surface area contributed by atoms with E-state index in [0.29, 0.717) is 17.4 Å². The molecule has 0 atom stereocenters. The molecule has 0 aromatic heterocycles. The van der Waals surface area contributed by atoms with Gasteiger partial charge in [0.2, 0.25) is 0 Å². The Kier molecular flexibility index (Phi) is 3.34. The molecule has 1 aromatic rings. The summed E-state index contributed by atoms with van der Waals surface area (Å²) in [6.45, 7) is -0.137. The molecule has 0 amide bonds. The Balaban J connectivity index is 3.03. The number of carbonyl (C=O) groups is 1. The van der Waals surface area contributed by atoms with Gasteiger partial charge < -0.3 is 5.11 Å². The van der Waals surface area contributed by atoms with E-state index in [9.17, 15) is 9.18 Å². The van der Waals surface area contributed by atoms with Crippen LogP contribution in [0.25, 0.3) is 6.08 Å². The summed E-state index contributed by atoms with van der Waals surface area (Å²) < 4.78 is 13.0. The second kappa shape index (κ2) is 4.52. The number of hydrogen-bond acceptors (Lipinski definition) is 2. The minimum Gasteiger partial charge on any atom is -0.392 e. The molecule has 13 heavy (non-hydrogen) atoms. The molecule has 0 radical (unpaired) electrons. The van der Waals surface area contributed by atoms with Gasteiger partial charge in [0.25, 0.3) is 0 Å². The zero-order chi connectivity index (χ0) is 9.68. The van der Waals surface area contributed by atoms with E-state index < -0.39 is 5.82 Å². The highest BCUT2D eigenvalue weighted by atomic mass is 19.1. The zero-order valence-corrected chi connectivity index (χ0v) is 6.90. The first kappa shape index (κ1) is 9.61.